The van der Waals surface area contributed by atoms with Gasteiger partial charge in [0.1, 0.15) is 5.75 Å². The molecule has 0 spiro atoms. The second-order valence-electron chi connectivity index (χ2n) is 7.87. The molecule has 0 bridgehead atoms. The van der Waals surface area contributed by atoms with Crippen molar-refractivity contribution in [3.05, 3.63) is 77.6 Å². The molecular formula is C25H23F3N4O3. The third-order valence-electron chi connectivity index (χ3n) is 5.40. The number of nitrogens with one attached hydrogen (secondary N) is 1. The lowest BCUT2D eigenvalue weighted by Gasteiger charge is -2.28. The highest BCUT2D eigenvalue weighted by Crippen LogP contribution is 2.30. The number of alkyl halides is 3. The number of pyridine rings is 2. The summed E-state index contributed by atoms with van der Waals surface area (Å²) in [6, 6.07) is 12.6. The highest BCUT2D eigenvalue weighted by Gasteiger charge is 2.30. The van der Waals surface area contributed by atoms with E-state index in [2.05, 4.69) is 15.3 Å². The molecule has 0 aliphatic carbocycles. The van der Waals surface area contributed by atoms with Crippen LogP contribution in [0.4, 0.5) is 23.7 Å². The van der Waals surface area contributed by atoms with Crippen molar-refractivity contribution >= 4 is 17.8 Å². The van der Waals surface area contributed by atoms with Gasteiger partial charge in [-0.2, -0.15) is 13.2 Å². The van der Waals surface area contributed by atoms with Crippen LogP contribution in [-0.2, 0) is 6.18 Å². The first-order valence-electron chi connectivity index (χ1n) is 10.9. The zero-order chi connectivity index (χ0) is 24.8. The second kappa shape index (κ2) is 10.5. The Labute approximate surface area is 200 Å². The quantitative estimate of drug-likeness (QED) is 0.480. The van der Waals surface area contributed by atoms with E-state index in [4.69, 9.17) is 9.47 Å². The summed E-state index contributed by atoms with van der Waals surface area (Å²) in [7, 11) is 1.53. The van der Waals surface area contributed by atoms with Crippen LogP contribution in [0.2, 0.25) is 0 Å². The lowest BCUT2D eigenvalue weighted by atomic mass is 10.0. The topological polar surface area (TPSA) is 76.6 Å². The molecule has 1 N–H and O–H groups in total. The maximum Gasteiger partial charge on any atom is 0.417 e. The Hall–Kier alpha value is -4.08. The number of anilines is 1. The Balaban J connectivity index is 1.32. The molecule has 0 saturated carbocycles. The number of methoxy groups -OCH3 is 1. The first-order valence-corrected chi connectivity index (χ1v) is 10.9. The minimum absolute atomic E-state index is 0.0779. The number of urea groups is 1. The molecule has 4 rings (SSSR count). The molecule has 1 aromatic carbocycles. The normalized spacial score (nSPS) is 13.8. The smallest absolute Gasteiger partial charge is 0.417 e. The first kappa shape index (κ1) is 24.1. The molecule has 2 aromatic heterocycles. The number of piperidine rings is 1. The van der Waals surface area contributed by atoms with Gasteiger partial charge in [-0.15, -0.1) is 0 Å². The molecule has 0 unspecified atom stereocenters. The SMILES string of the molecule is COc1ccc(NC(=O)N2CCC(=Cc3cccc(Oc4ccc(C(F)(F)F)cn4)c3)CC2)cn1. The molecule has 0 radical (unpaired) electrons. The number of benzene rings is 1. The van der Waals surface area contributed by atoms with Gasteiger partial charge in [0.05, 0.1) is 24.6 Å². The van der Waals surface area contributed by atoms with Crippen LogP contribution in [-0.4, -0.2) is 41.1 Å². The van der Waals surface area contributed by atoms with Crippen LogP contribution in [0.25, 0.3) is 6.08 Å². The largest absolute Gasteiger partial charge is 0.481 e. The van der Waals surface area contributed by atoms with Gasteiger partial charge in [-0.25, -0.2) is 14.8 Å². The summed E-state index contributed by atoms with van der Waals surface area (Å²) in [6.07, 6.45) is 1.33. The van der Waals surface area contributed by atoms with Crippen molar-refractivity contribution in [2.24, 2.45) is 0 Å². The molecular weight excluding hydrogens is 461 g/mol. The monoisotopic (exact) mass is 484 g/mol. The standard InChI is InChI=1S/C25H23F3N4O3/c1-34-22-8-6-20(16-30-22)31-24(33)32-11-9-17(10-12-32)13-18-3-2-4-21(14-18)35-23-7-5-19(15-29-23)25(26,27)28/h2-8,13-16H,9-12H2,1H3,(H,31,33). The van der Waals surface area contributed by atoms with E-state index in [0.29, 0.717) is 30.4 Å². The van der Waals surface area contributed by atoms with Crippen LogP contribution >= 0.6 is 0 Å². The number of amides is 2. The van der Waals surface area contributed by atoms with Crippen molar-refractivity contribution in [3.8, 4) is 17.5 Å². The first-order chi connectivity index (χ1) is 16.8. The average Bonchev–Trinajstić information content (AvgIpc) is 2.85. The van der Waals surface area contributed by atoms with Crippen LogP contribution in [0.15, 0.2) is 66.5 Å². The van der Waals surface area contributed by atoms with Gasteiger partial charge in [-0.05, 0) is 42.7 Å². The van der Waals surface area contributed by atoms with Gasteiger partial charge >= 0.3 is 12.2 Å². The van der Waals surface area contributed by atoms with Crippen LogP contribution in [0.3, 0.4) is 0 Å². The number of nitrogens with zero attached hydrogens (tertiary/aromatic N) is 3. The van der Waals surface area contributed by atoms with E-state index < -0.39 is 11.7 Å². The molecule has 1 saturated heterocycles. The summed E-state index contributed by atoms with van der Waals surface area (Å²) < 4.78 is 48.7. The number of hydrogen-bond acceptors (Lipinski definition) is 5. The highest BCUT2D eigenvalue weighted by atomic mass is 19.4. The Bertz CT molecular complexity index is 1190. The number of halogens is 3. The molecule has 35 heavy (non-hydrogen) atoms. The van der Waals surface area contributed by atoms with Crippen molar-refractivity contribution in [1.29, 1.82) is 0 Å². The third-order valence-corrected chi connectivity index (χ3v) is 5.40. The van der Waals surface area contributed by atoms with Gasteiger partial charge in [-0.3, -0.25) is 0 Å². The van der Waals surface area contributed by atoms with Gasteiger partial charge in [0, 0.05) is 31.4 Å². The number of hydrogen-bond donors (Lipinski definition) is 1. The fourth-order valence-electron chi connectivity index (χ4n) is 3.55. The average molecular weight is 484 g/mol. The summed E-state index contributed by atoms with van der Waals surface area (Å²) in [5, 5.41) is 2.83. The second-order valence-corrected chi connectivity index (χ2v) is 7.87. The van der Waals surface area contributed by atoms with Crippen LogP contribution < -0.4 is 14.8 Å². The van der Waals surface area contributed by atoms with E-state index in [1.54, 1.807) is 41.4 Å². The van der Waals surface area contributed by atoms with Crippen LogP contribution in [0.1, 0.15) is 24.0 Å². The lowest BCUT2D eigenvalue weighted by Crippen LogP contribution is -2.39. The summed E-state index contributed by atoms with van der Waals surface area (Å²) in [5.74, 6) is 1.02. The van der Waals surface area contributed by atoms with E-state index in [1.807, 2.05) is 12.1 Å². The lowest BCUT2D eigenvalue weighted by molar-refractivity contribution is -0.137. The molecule has 10 heteroatoms. The predicted molar refractivity (Wildman–Crippen MR) is 124 cm³/mol. The molecule has 1 fully saturated rings. The van der Waals surface area contributed by atoms with Crippen molar-refractivity contribution in [2.45, 2.75) is 19.0 Å². The molecule has 2 amide bonds. The maximum absolute atomic E-state index is 12.7. The van der Waals surface area contributed by atoms with E-state index in [-0.39, 0.29) is 11.9 Å². The van der Waals surface area contributed by atoms with E-state index in [0.717, 1.165) is 30.7 Å². The van der Waals surface area contributed by atoms with Gasteiger partial charge < -0.3 is 19.7 Å². The fourth-order valence-corrected chi connectivity index (χ4v) is 3.55. The van der Waals surface area contributed by atoms with Crippen molar-refractivity contribution in [2.75, 3.05) is 25.5 Å². The van der Waals surface area contributed by atoms with E-state index >= 15 is 0 Å². The number of ether oxygens (including phenoxy) is 2. The molecule has 1 aliphatic heterocycles. The number of aromatic nitrogens is 2. The third kappa shape index (κ3) is 6.50. The minimum Gasteiger partial charge on any atom is -0.481 e. The number of likely N-dealkylation sites (tertiary alicyclic amines) is 1. The highest BCUT2D eigenvalue weighted by molar-refractivity contribution is 5.89. The Kier molecular flexibility index (Phi) is 7.19. The molecule has 0 atom stereocenters. The predicted octanol–water partition coefficient (Wildman–Crippen LogP) is 6.01. The van der Waals surface area contributed by atoms with E-state index in [9.17, 15) is 18.0 Å². The van der Waals surface area contributed by atoms with E-state index in [1.165, 1.54) is 18.7 Å². The Morgan fingerprint density at radius 2 is 1.77 bits per heavy atom. The van der Waals surface area contributed by atoms with Crippen molar-refractivity contribution in [1.82, 2.24) is 14.9 Å². The van der Waals surface area contributed by atoms with Gasteiger partial charge in [0.2, 0.25) is 11.8 Å². The van der Waals surface area contributed by atoms with Gasteiger partial charge in [0.15, 0.2) is 0 Å². The fraction of sp³-hybridized carbons (Fsp3) is 0.240. The zero-order valence-corrected chi connectivity index (χ0v) is 18.9. The number of carbonyl (C=O) groups excluding carboxylic acids is 1. The summed E-state index contributed by atoms with van der Waals surface area (Å²) in [6.45, 7) is 1.15. The van der Waals surface area contributed by atoms with Gasteiger partial charge in [-0.1, -0.05) is 23.8 Å². The summed E-state index contributed by atoms with van der Waals surface area (Å²) in [4.78, 5) is 22.1. The molecule has 3 aromatic rings. The van der Waals surface area contributed by atoms with Crippen LogP contribution in [0, 0.1) is 0 Å². The molecule has 1 aliphatic rings. The number of rotatable bonds is 5. The van der Waals surface area contributed by atoms with Gasteiger partial charge in [0.25, 0.3) is 0 Å². The zero-order valence-electron chi connectivity index (χ0n) is 18.9. The maximum atomic E-state index is 12.7. The van der Waals surface area contributed by atoms with Crippen LogP contribution in [0.5, 0.6) is 17.5 Å². The summed E-state index contributed by atoms with van der Waals surface area (Å²) in [5.41, 5.74) is 1.84. The molecule has 7 nitrogen and oxygen atoms in total. The Morgan fingerprint density at radius 1 is 1.03 bits per heavy atom. The molecule has 182 valence electrons. The number of carbonyl (C=O) groups is 1. The van der Waals surface area contributed by atoms with Crippen molar-refractivity contribution in [3.63, 3.8) is 0 Å². The Morgan fingerprint density at radius 3 is 2.40 bits per heavy atom. The summed E-state index contributed by atoms with van der Waals surface area (Å²) >= 11 is 0. The minimum atomic E-state index is -4.44. The van der Waals surface area contributed by atoms with Crippen molar-refractivity contribution < 1.29 is 27.4 Å². The molecule has 3 heterocycles.